The number of piperidine rings is 1. The lowest BCUT2D eigenvalue weighted by molar-refractivity contribution is -0.134. The van der Waals surface area contributed by atoms with Crippen molar-refractivity contribution < 1.29 is 14.0 Å². The Morgan fingerprint density at radius 2 is 1.64 bits per heavy atom. The zero-order chi connectivity index (χ0) is 23.4. The molecule has 2 heterocycles. The van der Waals surface area contributed by atoms with Crippen LogP contribution in [-0.2, 0) is 11.2 Å². The maximum absolute atomic E-state index is 13.5. The fourth-order valence-corrected chi connectivity index (χ4v) is 4.45. The van der Waals surface area contributed by atoms with E-state index in [0.717, 1.165) is 36.0 Å². The zero-order valence-corrected chi connectivity index (χ0v) is 18.7. The molecular formula is C26H24ClFN2O3. The number of ketones is 1. The number of benzene rings is 2. The largest absolute Gasteiger partial charge is 0.340 e. The molecule has 4 rings (SSSR count). The van der Waals surface area contributed by atoms with Gasteiger partial charge in [-0.3, -0.25) is 19.0 Å². The van der Waals surface area contributed by atoms with Crippen LogP contribution in [0.5, 0.6) is 0 Å². The predicted octanol–water partition coefficient (Wildman–Crippen LogP) is 4.55. The average Bonchev–Trinajstić information content (AvgIpc) is 2.83. The van der Waals surface area contributed by atoms with Crippen LogP contribution in [0, 0.1) is 11.7 Å². The molecule has 1 amide bonds. The summed E-state index contributed by atoms with van der Waals surface area (Å²) < 4.78 is 14.5. The highest BCUT2D eigenvalue weighted by molar-refractivity contribution is 6.30. The van der Waals surface area contributed by atoms with Crippen LogP contribution < -0.4 is 5.56 Å². The molecule has 1 aromatic heterocycles. The lowest BCUT2D eigenvalue weighted by Crippen LogP contribution is -2.46. The summed E-state index contributed by atoms with van der Waals surface area (Å²) in [5.41, 5.74) is 0.907. The maximum atomic E-state index is 13.5. The number of nitrogens with zero attached hydrogens (tertiary/aromatic N) is 2. The molecule has 0 aliphatic carbocycles. The van der Waals surface area contributed by atoms with E-state index in [9.17, 15) is 18.8 Å². The predicted molar refractivity (Wildman–Crippen MR) is 125 cm³/mol. The normalized spacial score (nSPS) is 15.3. The SMILES string of the molecule is O=C(c1ccc(F)cc1)C(C(=O)N1CCC(Cc2ccccc2)CC1)n1cc(Cl)ccc1=O. The summed E-state index contributed by atoms with van der Waals surface area (Å²) >= 11 is 6.07. The Bertz CT molecular complexity index is 1190. The molecule has 0 spiro atoms. The van der Waals surface area contributed by atoms with Gasteiger partial charge in [0.1, 0.15) is 5.82 Å². The third-order valence-electron chi connectivity index (χ3n) is 6.08. The van der Waals surface area contributed by atoms with Gasteiger partial charge >= 0.3 is 0 Å². The summed E-state index contributed by atoms with van der Waals surface area (Å²) in [5.74, 6) is -1.07. The van der Waals surface area contributed by atoms with Crippen LogP contribution in [0.25, 0.3) is 0 Å². The number of aromatic nitrogens is 1. The first-order chi connectivity index (χ1) is 15.9. The Balaban J connectivity index is 1.56. The minimum atomic E-state index is -1.40. The second kappa shape index (κ2) is 10.1. The first-order valence-electron chi connectivity index (χ1n) is 10.9. The second-order valence-electron chi connectivity index (χ2n) is 8.32. The summed E-state index contributed by atoms with van der Waals surface area (Å²) in [6.45, 7) is 0.998. The van der Waals surface area contributed by atoms with Gasteiger partial charge < -0.3 is 4.90 Å². The Hall–Kier alpha value is -3.25. The molecule has 1 aliphatic rings. The van der Waals surface area contributed by atoms with Crippen LogP contribution >= 0.6 is 11.6 Å². The number of pyridine rings is 1. The smallest absolute Gasteiger partial charge is 0.253 e. The molecular weight excluding hydrogens is 443 g/mol. The molecule has 7 heteroatoms. The van der Waals surface area contributed by atoms with Crippen molar-refractivity contribution in [2.75, 3.05) is 13.1 Å². The lowest BCUT2D eigenvalue weighted by Gasteiger charge is -2.34. The minimum Gasteiger partial charge on any atom is -0.340 e. The molecule has 0 radical (unpaired) electrons. The minimum absolute atomic E-state index is 0.153. The third kappa shape index (κ3) is 5.40. The molecule has 170 valence electrons. The summed E-state index contributed by atoms with van der Waals surface area (Å²) in [6, 6.07) is 16.4. The summed E-state index contributed by atoms with van der Waals surface area (Å²) in [7, 11) is 0. The highest BCUT2D eigenvalue weighted by Gasteiger charge is 2.35. The number of hydrogen-bond donors (Lipinski definition) is 0. The van der Waals surface area contributed by atoms with Crippen molar-refractivity contribution in [2.45, 2.75) is 25.3 Å². The van der Waals surface area contributed by atoms with Crippen LogP contribution in [0.2, 0.25) is 5.02 Å². The monoisotopic (exact) mass is 466 g/mol. The molecule has 5 nitrogen and oxygen atoms in total. The Morgan fingerprint density at radius 1 is 0.970 bits per heavy atom. The van der Waals surface area contributed by atoms with E-state index in [1.165, 1.54) is 36.0 Å². The lowest BCUT2D eigenvalue weighted by atomic mass is 9.89. The van der Waals surface area contributed by atoms with E-state index in [2.05, 4.69) is 12.1 Å². The highest BCUT2D eigenvalue weighted by atomic mass is 35.5. The summed E-state index contributed by atoms with van der Waals surface area (Å²) in [4.78, 5) is 41.1. The van der Waals surface area contributed by atoms with Crippen LogP contribution in [0.15, 0.2) is 77.7 Å². The second-order valence-corrected chi connectivity index (χ2v) is 8.76. The van der Waals surface area contributed by atoms with Gasteiger partial charge in [-0.25, -0.2) is 4.39 Å². The van der Waals surface area contributed by atoms with Gasteiger partial charge in [-0.2, -0.15) is 0 Å². The van der Waals surface area contributed by atoms with Gasteiger partial charge in [0.05, 0.1) is 5.02 Å². The molecule has 1 saturated heterocycles. The molecule has 0 bridgehead atoms. The number of amides is 1. The summed E-state index contributed by atoms with van der Waals surface area (Å²) in [5, 5.41) is 0.237. The molecule has 1 fully saturated rings. The number of Topliss-reactive ketones (excluding diaryl/α,β-unsaturated/α-hetero) is 1. The standard InChI is InChI=1S/C26H24ClFN2O3/c27-21-8-11-23(31)30(17-21)24(25(32)20-6-9-22(28)10-7-20)26(33)29-14-12-19(13-15-29)16-18-4-2-1-3-5-18/h1-11,17,19,24H,12-16H2. The van der Waals surface area contributed by atoms with Gasteiger partial charge in [-0.05, 0) is 61.1 Å². The number of rotatable bonds is 6. The van der Waals surface area contributed by atoms with Crippen LogP contribution in [-0.4, -0.2) is 34.2 Å². The first-order valence-corrected chi connectivity index (χ1v) is 11.3. The van der Waals surface area contributed by atoms with Gasteiger partial charge in [0.15, 0.2) is 11.8 Å². The van der Waals surface area contributed by atoms with Crippen molar-refractivity contribution in [3.05, 3.63) is 105 Å². The Morgan fingerprint density at radius 3 is 2.30 bits per heavy atom. The van der Waals surface area contributed by atoms with Crippen molar-refractivity contribution in [3.63, 3.8) is 0 Å². The first kappa shape index (κ1) is 22.9. The summed E-state index contributed by atoms with van der Waals surface area (Å²) in [6.07, 6.45) is 3.86. The average molecular weight is 467 g/mol. The number of likely N-dealkylation sites (tertiary alicyclic amines) is 1. The number of hydrogen-bond acceptors (Lipinski definition) is 3. The van der Waals surface area contributed by atoms with Gasteiger partial charge in [0.2, 0.25) is 0 Å². The van der Waals surface area contributed by atoms with E-state index >= 15 is 0 Å². The van der Waals surface area contributed by atoms with Crippen molar-refractivity contribution in [1.82, 2.24) is 9.47 Å². The van der Waals surface area contributed by atoms with Crippen molar-refractivity contribution in [3.8, 4) is 0 Å². The number of carbonyl (C=O) groups is 2. The molecule has 33 heavy (non-hydrogen) atoms. The number of carbonyl (C=O) groups excluding carboxylic acids is 2. The van der Waals surface area contributed by atoms with E-state index in [1.54, 1.807) is 4.90 Å². The van der Waals surface area contributed by atoms with Crippen LogP contribution in [0.3, 0.4) is 0 Å². The van der Waals surface area contributed by atoms with Crippen molar-refractivity contribution >= 4 is 23.3 Å². The van der Waals surface area contributed by atoms with Crippen LogP contribution in [0.1, 0.15) is 34.8 Å². The topological polar surface area (TPSA) is 59.4 Å². The van der Waals surface area contributed by atoms with Crippen LogP contribution in [0.4, 0.5) is 4.39 Å². The number of halogens is 2. The molecule has 1 aliphatic heterocycles. The van der Waals surface area contributed by atoms with Crippen molar-refractivity contribution in [2.24, 2.45) is 5.92 Å². The highest BCUT2D eigenvalue weighted by Crippen LogP contribution is 2.25. The third-order valence-corrected chi connectivity index (χ3v) is 6.31. The molecule has 2 aromatic carbocycles. The van der Waals surface area contributed by atoms with Gasteiger partial charge in [-0.15, -0.1) is 0 Å². The molecule has 0 N–H and O–H groups in total. The van der Waals surface area contributed by atoms with E-state index in [0.29, 0.717) is 19.0 Å². The quantitative estimate of drug-likeness (QED) is 0.395. The maximum Gasteiger partial charge on any atom is 0.253 e. The Labute approximate surface area is 196 Å². The van der Waals surface area contributed by atoms with E-state index < -0.39 is 29.1 Å². The molecule has 1 atom stereocenters. The molecule has 0 saturated carbocycles. The van der Waals surface area contributed by atoms with Crippen molar-refractivity contribution in [1.29, 1.82) is 0 Å². The molecule has 1 unspecified atom stereocenters. The van der Waals surface area contributed by atoms with E-state index in [4.69, 9.17) is 11.6 Å². The fraction of sp³-hybridized carbons (Fsp3) is 0.269. The zero-order valence-electron chi connectivity index (χ0n) is 18.0. The molecule has 3 aromatic rings. The van der Waals surface area contributed by atoms with Gasteiger partial charge in [0, 0.05) is 30.9 Å². The van der Waals surface area contributed by atoms with Gasteiger partial charge in [-0.1, -0.05) is 41.9 Å². The van der Waals surface area contributed by atoms with E-state index in [1.807, 2.05) is 18.2 Å². The fourth-order valence-electron chi connectivity index (χ4n) is 4.29. The van der Waals surface area contributed by atoms with Gasteiger partial charge in [0.25, 0.3) is 11.5 Å². The van der Waals surface area contributed by atoms with E-state index in [-0.39, 0.29) is 10.6 Å². The Kier molecular flexibility index (Phi) is 7.04.